The highest BCUT2D eigenvalue weighted by molar-refractivity contribution is 5.46. The van der Waals surface area contributed by atoms with Gasteiger partial charge in [-0.2, -0.15) is 0 Å². The molecule has 0 radical (unpaired) electrons. The van der Waals surface area contributed by atoms with Gasteiger partial charge in [-0.25, -0.2) is 0 Å². The zero-order valence-electron chi connectivity index (χ0n) is 14.5. The van der Waals surface area contributed by atoms with Gasteiger partial charge >= 0.3 is 0 Å². The Morgan fingerprint density at radius 3 is 2.33 bits per heavy atom. The van der Waals surface area contributed by atoms with Crippen molar-refractivity contribution >= 4 is 5.69 Å². The van der Waals surface area contributed by atoms with Crippen molar-refractivity contribution in [1.82, 2.24) is 4.90 Å². The number of para-hydroxylation sites is 1. The zero-order valence-corrected chi connectivity index (χ0v) is 14.5. The number of nitrogens with zero attached hydrogens (tertiary/aromatic N) is 2. The van der Waals surface area contributed by atoms with Crippen LogP contribution in [-0.4, -0.2) is 70.8 Å². The van der Waals surface area contributed by atoms with Crippen molar-refractivity contribution in [3.05, 3.63) is 30.3 Å². The summed E-state index contributed by atoms with van der Waals surface area (Å²) in [6, 6.07) is 10.5. The summed E-state index contributed by atoms with van der Waals surface area (Å²) in [5, 5.41) is 29.7. The minimum absolute atomic E-state index is 0.104. The van der Waals surface area contributed by atoms with Crippen molar-refractivity contribution in [2.24, 2.45) is 5.92 Å². The van der Waals surface area contributed by atoms with E-state index < -0.39 is 18.3 Å². The summed E-state index contributed by atoms with van der Waals surface area (Å²) in [4.78, 5) is 4.56. The summed E-state index contributed by atoms with van der Waals surface area (Å²) in [5.41, 5.74) is 1.31. The molecule has 2 aliphatic heterocycles. The van der Waals surface area contributed by atoms with Crippen LogP contribution in [0.3, 0.4) is 0 Å². The molecule has 5 heteroatoms. The number of hydrogen-bond donors (Lipinski definition) is 3. The Balaban J connectivity index is 1.45. The Kier molecular flexibility index (Phi) is 5.76. The number of aliphatic hydroxyl groups is 3. The number of anilines is 1. The zero-order chi connectivity index (χ0) is 17.1. The third-order valence-corrected chi connectivity index (χ3v) is 5.80. The largest absolute Gasteiger partial charge is 0.389 e. The molecule has 2 saturated heterocycles. The molecule has 4 atom stereocenters. The van der Waals surface area contributed by atoms with Gasteiger partial charge in [0.05, 0.1) is 12.2 Å². The maximum Gasteiger partial charge on any atom is 0.108 e. The standard InChI is InChI=1S/C19H30N2O3/c1-14-18(23)19(24)17(22)13-21(14)12-9-15-7-10-20(11-8-15)16-5-3-2-4-6-16/h2-6,14-15,17-19,22-24H,7-13H2,1H3/t14-,17+,18-,19-/m1/s1. The maximum atomic E-state index is 10.0. The van der Waals surface area contributed by atoms with Crippen molar-refractivity contribution in [3.63, 3.8) is 0 Å². The fourth-order valence-corrected chi connectivity index (χ4v) is 4.01. The third-order valence-electron chi connectivity index (χ3n) is 5.80. The van der Waals surface area contributed by atoms with E-state index in [1.54, 1.807) is 0 Å². The van der Waals surface area contributed by atoms with Crippen LogP contribution < -0.4 is 4.90 Å². The van der Waals surface area contributed by atoms with E-state index in [0.29, 0.717) is 12.5 Å². The topological polar surface area (TPSA) is 67.2 Å². The lowest BCUT2D eigenvalue weighted by molar-refractivity contribution is -0.133. The van der Waals surface area contributed by atoms with E-state index in [-0.39, 0.29) is 6.04 Å². The molecule has 2 aliphatic rings. The first-order valence-electron chi connectivity index (χ1n) is 9.14. The predicted molar refractivity (Wildman–Crippen MR) is 95.1 cm³/mol. The first kappa shape index (κ1) is 17.7. The van der Waals surface area contributed by atoms with Crippen LogP contribution in [0.25, 0.3) is 0 Å². The van der Waals surface area contributed by atoms with Crippen molar-refractivity contribution < 1.29 is 15.3 Å². The Morgan fingerprint density at radius 2 is 1.67 bits per heavy atom. The molecule has 2 fully saturated rings. The van der Waals surface area contributed by atoms with Crippen LogP contribution >= 0.6 is 0 Å². The number of β-amino-alcohol motifs (C(OH)–C–C–N with tert-alkyl or cyclic N) is 1. The number of rotatable bonds is 4. The molecule has 0 saturated carbocycles. The highest BCUT2D eigenvalue weighted by atomic mass is 16.4. The number of hydrogen-bond acceptors (Lipinski definition) is 5. The van der Waals surface area contributed by atoms with Gasteiger partial charge in [0.1, 0.15) is 6.10 Å². The van der Waals surface area contributed by atoms with Crippen LogP contribution in [-0.2, 0) is 0 Å². The van der Waals surface area contributed by atoms with E-state index in [1.807, 2.05) is 6.92 Å². The highest BCUT2D eigenvalue weighted by Crippen LogP contribution is 2.26. The molecule has 0 amide bonds. The summed E-state index contributed by atoms with van der Waals surface area (Å²) >= 11 is 0. The molecule has 5 nitrogen and oxygen atoms in total. The second kappa shape index (κ2) is 7.83. The highest BCUT2D eigenvalue weighted by Gasteiger charge is 2.38. The van der Waals surface area contributed by atoms with Gasteiger partial charge in [-0.05, 0) is 50.8 Å². The monoisotopic (exact) mass is 334 g/mol. The predicted octanol–water partition coefficient (Wildman–Crippen LogP) is 1.08. The molecule has 0 bridgehead atoms. The van der Waals surface area contributed by atoms with Crippen LogP contribution in [0.15, 0.2) is 30.3 Å². The molecule has 0 unspecified atom stereocenters. The van der Waals surface area contributed by atoms with Gasteiger partial charge < -0.3 is 20.2 Å². The van der Waals surface area contributed by atoms with Crippen LogP contribution in [0.1, 0.15) is 26.2 Å². The van der Waals surface area contributed by atoms with E-state index in [1.165, 1.54) is 18.5 Å². The summed E-state index contributed by atoms with van der Waals surface area (Å²) in [5.74, 6) is 0.693. The molecule has 1 aromatic rings. The Labute approximate surface area is 144 Å². The van der Waals surface area contributed by atoms with Crippen molar-refractivity contribution in [1.29, 1.82) is 0 Å². The van der Waals surface area contributed by atoms with Gasteiger partial charge in [-0.1, -0.05) is 18.2 Å². The second-order valence-electron chi connectivity index (χ2n) is 7.34. The summed E-state index contributed by atoms with van der Waals surface area (Å²) < 4.78 is 0. The first-order chi connectivity index (χ1) is 11.6. The summed E-state index contributed by atoms with van der Waals surface area (Å²) in [7, 11) is 0. The molecular formula is C19H30N2O3. The van der Waals surface area contributed by atoms with Gasteiger partial charge in [0, 0.05) is 31.4 Å². The Bertz CT molecular complexity index is 505. The fourth-order valence-electron chi connectivity index (χ4n) is 4.01. The van der Waals surface area contributed by atoms with Gasteiger partial charge in [0.25, 0.3) is 0 Å². The third kappa shape index (κ3) is 3.91. The smallest absolute Gasteiger partial charge is 0.108 e. The lowest BCUT2D eigenvalue weighted by Gasteiger charge is -2.43. The average Bonchev–Trinajstić information content (AvgIpc) is 2.63. The van der Waals surface area contributed by atoms with Gasteiger partial charge in [-0.3, -0.25) is 4.90 Å². The van der Waals surface area contributed by atoms with Crippen LogP contribution in [0, 0.1) is 5.92 Å². The first-order valence-corrected chi connectivity index (χ1v) is 9.14. The molecule has 0 aliphatic carbocycles. The quantitative estimate of drug-likeness (QED) is 0.769. The van der Waals surface area contributed by atoms with E-state index in [9.17, 15) is 15.3 Å². The van der Waals surface area contributed by atoms with Crippen molar-refractivity contribution in [2.75, 3.05) is 31.1 Å². The lowest BCUT2D eigenvalue weighted by atomic mass is 9.90. The molecule has 0 spiro atoms. The molecule has 1 aromatic carbocycles. The maximum absolute atomic E-state index is 10.0. The molecule has 3 rings (SSSR count). The molecule has 3 N–H and O–H groups in total. The minimum atomic E-state index is -1.02. The van der Waals surface area contributed by atoms with Gasteiger partial charge in [0.15, 0.2) is 0 Å². The number of benzene rings is 1. The minimum Gasteiger partial charge on any atom is -0.389 e. The van der Waals surface area contributed by atoms with E-state index in [2.05, 4.69) is 40.1 Å². The van der Waals surface area contributed by atoms with Gasteiger partial charge in [-0.15, -0.1) is 0 Å². The Hall–Kier alpha value is -1.14. The second-order valence-corrected chi connectivity index (χ2v) is 7.34. The van der Waals surface area contributed by atoms with Crippen LogP contribution in [0.4, 0.5) is 5.69 Å². The normalized spacial score (nSPS) is 32.9. The SMILES string of the molecule is C[C@@H]1[C@@H](O)[C@H](O)[C@@H](O)CN1CCC1CCN(c2ccccc2)CC1. The van der Waals surface area contributed by atoms with E-state index in [4.69, 9.17) is 0 Å². The van der Waals surface area contributed by atoms with Crippen LogP contribution in [0.5, 0.6) is 0 Å². The molecular weight excluding hydrogens is 304 g/mol. The molecule has 134 valence electrons. The van der Waals surface area contributed by atoms with E-state index in [0.717, 1.165) is 26.1 Å². The molecule has 2 heterocycles. The van der Waals surface area contributed by atoms with E-state index >= 15 is 0 Å². The number of likely N-dealkylation sites (tertiary alicyclic amines) is 1. The molecule has 0 aromatic heterocycles. The van der Waals surface area contributed by atoms with Crippen molar-refractivity contribution in [3.8, 4) is 0 Å². The average molecular weight is 334 g/mol. The van der Waals surface area contributed by atoms with Crippen LogP contribution in [0.2, 0.25) is 0 Å². The van der Waals surface area contributed by atoms with Gasteiger partial charge in [0.2, 0.25) is 0 Å². The molecule has 24 heavy (non-hydrogen) atoms. The van der Waals surface area contributed by atoms with Crippen molar-refractivity contribution in [2.45, 2.75) is 50.5 Å². The summed E-state index contributed by atoms with van der Waals surface area (Å²) in [6.07, 6.45) is 0.716. The lowest BCUT2D eigenvalue weighted by Crippen LogP contribution is -2.60. The summed E-state index contributed by atoms with van der Waals surface area (Å²) in [6.45, 7) is 5.43. The fraction of sp³-hybridized carbons (Fsp3) is 0.684. The number of aliphatic hydroxyl groups excluding tert-OH is 3. The number of piperidine rings is 2. The Morgan fingerprint density at radius 1 is 1.00 bits per heavy atom.